The fraction of sp³-hybridized carbons (Fsp3) is 0.600. The van der Waals surface area contributed by atoms with Crippen LogP contribution in [0.1, 0.15) is 19.8 Å². The van der Waals surface area contributed by atoms with Crippen molar-refractivity contribution < 1.29 is 4.74 Å². The zero-order valence-corrected chi connectivity index (χ0v) is 13.2. The summed E-state index contributed by atoms with van der Waals surface area (Å²) in [4.78, 5) is 2.43. The number of benzene rings is 1. The van der Waals surface area contributed by atoms with Crippen LogP contribution < -0.4 is 15.0 Å². The van der Waals surface area contributed by atoms with Crippen molar-refractivity contribution >= 4 is 21.6 Å². The molecule has 0 radical (unpaired) electrons. The normalized spacial score (nSPS) is 19.5. The monoisotopic (exact) mass is 326 g/mol. The molecule has 106 valence electrons. The van der Waals surface area contributed by atoms with E-state index in [-0.39, 0.29) is 0 Å². The first-order valence-electron chi connectivity index (χ1n) is 7.07. The summed E-state index contributed by atoms with van der Waals surface area (Å²) in [5.74, 6) is 0.974. The number of anilines is 1. The number of hydrogen-bond donors (Lipinski definition) is 1. The van der Waals surface area contributed by atoms with E-state index in [9.17, 15) is 0 Å². The van der Waals surface area contributed by atoms with E-state index >= 15 is 0 Å². The first-order valence-corrected chi connectivity index (χ1v) is 8.19. The number of halogens is 1. The molecule has 0 amide bonds. The molecule has 0 bridgehead atoms. The van der Waals surface area contributed by atoms with Gasteiger partial charge in [0.15, 0.2) is 0 Å². The van der Waals surface area contributed by atoms with Gasteiger partial charge in [-0.2, -0.15) is 0 Å². The van der Waals surface area contributed by atoms with Crippen molar-refractivity contribution in [3.05, 3.63) is 24.3 Å². The summed E-state index contributed by atoms with van der Waals surface area (Å²) in [5.41, 5.74) is 1.29. The summed E-state index contributed by atoms with van der Waals surface area (Å²) in [6.45, 7) is 6.25. The largest absolute Gasteiger partial charge is 0.494 e. The predicted molar refractivity (Wildman–Crippen MR) is 84.6 cm³/mol. The van der Waals surface area contributed by atoms with Gasteiger partial charge in [-0.15, -0.1) is 0 Å². The third kappa shape index (κ3) is 4.69. The standard InChI is InChI=1S/C15H23BrN2O/c1-13-12-18(10-9-17-13)14-4-6-15(7-5-14)19-11-3-2-8-16/h4-7,13,17H,2-3,8-12H2,1H3. The fourth-order valence-corrected chi connectivity index (χ4v) is 2.70. The van der Waals surface area contributed by atoms with Gasteiger partial charge in [-0.05, 0) is 44.0 Å². The lowest BCUT2D eigenvalue weighted by Crippen LogP contribution is -2.49. The van der Waals surface area contributed by atoms with Crippen LogP contribution >= 0.6 is 15.9 Å². The summed E-state index contributed by atoms with van der Waals surface area (Å²) < 4.78 is 5.72. The Labute approximate surface area is 124 Å². The Kier molecular flexibility index (Phi) is 5.98. The molecule has 1 saturated heterocycles. The van der Waals surface area contributed by atoms with Gasteiger partial charge in [-0.1, -0.05) is 15.9 Å². The van der Waals surface area contributed by atoms with Crippen LogP contribution in [-0.2, 0) is 0 Å². The van der Waals surface area contributed by atoms with Gasteiger partial charge in [0, 0.05) is 36.7 Å². The Hall–Kier alpha value is -0.740. The minimum atomic E-state index is 0.564. The molecule has 1 atom stereocenters. The maximum Gasteiger partial charge on any atom is 0.119 e. The first kappa shape index (κ1) is 14.7. The highest BCUT2D eigenvalue weighted by molar-refractivity contribution is 9.09. The van der Waals surface area contributed by atoms with Crippen LogP contribution in [0.25, 0.3) is 0 Å². The zero-order chi connectivity index (χ0) is 13.5. The van der Waals surface area contributed by atoms with Crippen molar-refractivity contribution in [1.82, 2.24) is 5.32 Å². The molecule has 1 aromatic carbocycles. The average molecular weight is 327 g/mol. The Morgan fingerprint density at radius 2 is 2.11 bits per heavy atom. The minimum Gasteiger partial charge on any atom is -0.494 e. The van der Waals surface area contributed by atoms with E-state index in [1.165, 1.54) is 5.69 Å². The maximum atomic E-state index is 5.72. The molecular formula is C15H23BrN2O. The van der Waals surface area contributed by atoms with Gasteiger partial charge in [-0.3, -0.25) is 0 Å². The molecule has 0 spiro atoms. The molecule has 0 saturated carbocycles. The molecule has 2 rings (SSSR count). The molecule has 4 heteroatoms. The molecule has 0 aliphatic carbocycles. The third-order valence-electron chi connectivity index (χ3n) is 3.37. The maximum absolute atomic E-state index is 5.72. The Morgan fingerprint density at radius 3 is 2.79 bits per heavy atom. The molecule has 1 unspecified atom stereocenters. The van der Waals surface area contributed by atoms with Gasteiger partial charge in [0.1, 0.15) is 5.75 Å². The second-order valence-corrected chi connectivity index (χ2v) is 5.83. The van der Waals surface area contributed by atoms with Crippen molar-refractivity contribution in [3.8, 4) is 5.75 Å². The van der Waals surface area contributed by atoms with E-state index in [4.69, 9.17) is 4.74 Å². The van der Waals surface area contributed by atoms with Crippen molar-refractivity contribution in [3.63, 3.8) is 0 Å². The summed E-state index contributed by atoms with van der Waals surface area (Å²) in [5, 5.41) is 4.51. The molecule has 19 heavy (non-hydrogen) atoms. The smallest absolute Gasteiger partial charge is 0.119 e. The van der Waals surface area contributed by atoms with Gasteiger partial charge in [0.25, 0.3) is 0 Å². The van der Waals surface area contributed by atoms with E-state index in [2.05, 4.69) is 57.3 Å². The highest BCUT2D eigenvalue weighted by Crippen LogP contribution is 2.20. The number of nitrogens with zero attached hydrogens (tertiary/aromatic N) is 1. The van der Waals surface area contributed by atoms with Crippen LogP contribution in [0.15, 0.2) is 24.3 Å². The third-order valence-corrected chi connectivity index (χ3v) is 3.93. The molecule has 1 fully saturated rings. The van der Waals surface area contributed by atoms with Crippen LogP contribution in [0.2, 0.25) is 0 Å². The van der Waals surface area contributed by atoms with E-state index in [1.807, 2.05) is 0 Å². The molecule has 3 nitrogen and oxygen atoms in total. The molecule has 1 aliphatic rings. The minimum absolute atomic E-state index is 0.564. The zero-order valence-electron chi connectivity index (χ0n) is 11.6. The van der Waals surface area contributed by atoms with Crippen molar-refractivity contribution in [2.45, 2.75) is 25.8 Å². The van der Waals surface area contributed by atoms with Crippen LogP contribution in [0.5, 0.6) is 5.75 Å². The lowest BCUT2D eigenvalue weighted by Gasteiger charge is -2.33. The fourth-order valence-electron chi connectivity index (χ4n) is 2.31. The van der Waals surface area contributed by atoms with E-state index in [0.717, 1.165) is 50.2 Å². The molecule has 1 heterocycles. The summed E-state index contributed by atoms with van der Waals surface area (Å²) >= 11 is 3.43. The van der Waals surface area contributed by atoms with Crippen LogP contribution in [0, 0.1) is 0 Å². The van der Waals surface area contributed by atoms with E-state index < -0.39 is 0 Å². The Bertz CT molecular complexity index is 369. The number of alkyl halides is 1. The first-order chi connectivity index (χ1) is 9.29. The van der Waals surface area contributed by atoms with Crippen molar-refractivity contribution in [2.24, 2.45) is 0 Å². The van der Waals surface area contributed by atoms with Gasteiger partial charge >= 0.3 is 0 Å². The van der Waals surface area contributed by atoms with Gasteiger partial charge in [0.05, 0.1) is 6.61 Å². The summed E-state index contributed by atoms with van der Waals surface area (Å²) in [6.07, 6.45) is 2.26. The van der Waals surface area contributed by atoms with Gasteiger partial charge in [-0.25, -0.2) is 0 Å². The summed E-state index contributed by atoms with van der Waals surface area (Å²) in [7, 11) is 0. The van der Waals surface area contributed by atoms with Crippen molar-refractivity contribution in [1.29, 1.82) is 0 Å². The van der Waals surface area contributed by atoms with E-state index in [1.54, 1.807) is 0 Å². The van der Waals surface area contributed by atoms with Gasteiger partial charge in [0.2, 0.25) is 0 Å². The molecular weight excluding hydrogens is 304 g/mol. The topological polar surface area (TPSA) is 24.5 Å². The molecule has 1 aromatic rings. The Balaban J connectivity index is 1.83. The van der Waals surface area contributed by atoms with Crippen LogP contribution in [0.4, 0.5) is 5.69 Å². The quantitative estimate of drug-likeness (QED) is 0.642. The summed E-state index contributed by atoms with van der Waals surface area (Å²) in [6, 6.07) is 9.05. The second kappa shape index (κ2) is 7.75. The van der Waals surface area contributed by atoms with Crippen LogP contribution in [-0.4, -0.2) is 37.6 Å². The number of nitrogens with one attached hydrogen (secondary N) is 1. The van der Waals surface area contributed by atoms with Crippen LogP contribution in [0.3, 0.4) is 0 Å². The second-order valence-electron chi connectivity index (χ2n) is 5.04. The average Bonchev–Trinajstić information content (AvgIpc) is 2.44. The number of ether oxygens (including phenoxy) is 1. The lowest BCUT2D eigenvalue weighted by molar-refractivity contribution is 0.310. The lowest BCUT2D eigenvalue weighted by atomic mass is 10.2. The van der Waals surface area contributed by atoms with Crippen molar-refractivity contribution in [2.75, 3.05) is 36.5 Å². The predicted octanol–water partition coefficient (Wildman–Crippen LogP) is 3.04. The van der Waals surface area contributed by atoms with Gasteiger partial charge < -0.3 is 15.0 Å². The number of hydrogen-bond acceptors (Lipinski definition) is 3. The highest BCUT2D eigenvalue weighted by Gasteiger charge is 2.15. The molecule has 1 N–H and O–H groups in total. The molecule has 0 aromatic heterocycles. The highest BCUT2D eigenvalue weighted by atomic mass is 79.9. The number of rotatable bonds is 6. The number of unbranched alkanes of at least 4 members (excludes halogenated alkanes) is 1. The Morgan fingerprint density at radius 1 is 1.32 bits per heavy atom. The molecule has 1 aliphatic heterocycles. The van der Waals surface area contributed by atoms with E-state index in [0.29, 0.717) is 6.04 Å². The number of piperazine rings is 1. The SMILES string of the molecule is CC1CN(c2ccc(OCCCCBr)cc2)CCN1.